The number of rotatable bonds is 5. The van der Waals surface area contributed by atoms with E-state index in [1.54, 1.807) is 31.3 Å². The van der Waals surface area contributed by atoms with Gasteiger partial charge in [-0.2, -0.15) is 9.97 Å². The normalized spacial score (nSPS) is 28.2. The third kappa shape index (κ3) is 4.65. The molecule has 0 bridgehead atoms. The quantitative estimate of drug-likeness (QED) is 0.199. The lowest BCUT2D eigenvalue weighted by molar-refractivity contribution is 0.107. The van der Waals surface area contributed by atoms with Gasteiger partial charge in [-0.15, -0.1) is 5.92 Å². The largest absolute Gasteiger partial charge is 0.461 e. The fraction of sp³-hybridized carbons (Fsp3) is 0.472. The maximum Gasteiger partial charge on any atom is 0.319 e. The molecule has 0 amide bonds. The second-order valence-electron chi connectivity index (χ2n) is 13.2. The maximum absolute atomic E-state index is 15.2. The van der Waals surface area contributed by atoms with Crippen LogP contribution in [0, 0.1) is 30.5 Å². The molecule has 2 aromatic heterocycles. The molecule has 1 aliphatic carbocycles. The van der Waals surface area contributed by atoms with Crippen molar-refractivity contribution in [2.24, 2.45) is 5.92 Å². The van der Waals surface area contributed by atoms with Crippen LogP contribution in [0.4, 0.5) is 24.7 Å². The highest BCUT2D eigenvalue weighted by molar-refractivity contribution is 6.04. The van der Waals surface area contributed by atoms with Crippen LogP contribution < -0.4 is 15.4 Å². The minimum absolute atomic E-state index is 0.0228. The summed E-state index contributed by atoms with van der Waals surface area (Å²) in [7, 11) is 0. The van der Waals surface area contributed by atoms with E-state index < -0.39 is 30.3 Å². The van der Waals surface area contributed by atoms with Crippen LogP contribution in [0.1, 0.15) is 59.3 Å². The molecule has 1 saturated carbocycles. The molecule has 2 aromatic carbocycles. The van der Waals surface area contributed by atoms with Crippen molar-refractivity contribution in [3.05, 3.63) is 47.4 Å². The average molecular weight is 629 g/mol. The van der Waals surface area contributed by atoms with E-state index in [2.05, 4.69) is 11.8 Å². The van der Waals surface area contributed by atoms with Crippen LogP contribution in [0.5, 0.6) is 6.01 Å². The van der Waals surface area contributed by atoms with Gasteiger partial charge < -0.3 is 15.4 Å². The van der Waals surface area contributed by atoms with Crippen molar-refractivity contribution >= 4 is 33.2 Å². The van der Waals surface area contributed by atoms with Crippen molar-refractivity contribution in [2.45, 2.75) is 76.3 Å². The highest BCUT2D eigenvalue weighted by Gasteiger charge is 2.55. The SMILES string of the molecule is [2H]C([2H])(Oc1nc(N2CCCC[C@H]3[C@H](F)[C@H]32)c2cnc(-c3cc(N)cc4ccc(F)c(C#CC)c34)c(C)c2n1)[C@@]12CCCN1C[C@H](F)C2. The van der Waals surface area contributed by atoms with E-state index in [0.29, 0.717) is 69.5 Å². The molecule has 3 saturated heterocycles. The van der Waals surface area contributed by atoms with Crippen LogP contribution in [-0.4, -0.2) is 70.0 Å². The lowest BCUT2D eigenvalue weighted by Gasteiger charge is -2.31. The van der Waals surface area contributed by atoms with Crippen LogP contribution in [0.15, 0.2) is 30.5 Å². The van der Waals surface area contributed by atoms with E-state index >= 15 is 8.78 Å². The third-order valence-electron chi connectivity index (χ3n) is 10.3. The molecule has 0 unspecified atom stereocenters. The molecule has 10 heteroatoms. The highest BCUT2D eigenvalue weighted by Crippen LogP contribution is 2.48. The number of alkyl halides is 2. The fourth-order valence-corrected chi connectivity index (χ4v) is 8.12. The Morgan fingerprint density at radius 1 is 1.17 bits per heavy atom. The predicted octanol–water partition coefficient (Wildman–Crippen LogP) is 6.53. The van der Waals surface area contributed by atoms with Gasteiger partial charge in [0, 0.05) is 53.8 Å². The number of hydrogen-bond acceptors (Lipinski definition) is 7. The first-order valence-corrected chi connectivity index (χ1v) is 16.1. The minimum atomic E-state index is -2.31. The average Bonchev–Trinajstić information content (AvgIpc) is 3.40. The first-order valence-electron chi connectivity index (χ1n) is 17.1. The molecule has 5 heterocycles. The van der Waals surface area contributed by atoms with Gasteiger partial charge in [0.25, 0.3) is 0 Å². The molecule has 238 valence electrons. The zero-order valence-electron chi connectivity index (χ0n) is 27.9. The van der Waals surface area contributed by atoms with Gasteiger partial charge in [-0.1, -0.05) is 18.4 Å². The summed E-state index contributed by atoms with van der Waals surface area (Å²) in [5.41, 5.74) is 8.01. The van der Waals surface area contributed by atoms with Gasteiger partial charge in [0.1, 0.15) is 30.5 Å². The lowest BCUT2D eigenvalue weighted by atomic mass is 9.93. The van der Waals surface area contributed by atoms with Crippen LogP contribution in [-0.2, 0) is 0 Å². The topological polar surface area (TPSA) is 80.4 Å². The number of pyridine rings is 1. The Morgan fingerprint density at radius 2 is 2.04 bits per heavy atom. The Labute approximate surface area is 269 Å². The molecule has 8 rings (SSSR count). The maximum atomic E-state index is 15.2. The Hall–Kier alpha value is -4.10. The smallest absolute Gasteiger partial charge is 0.319 e. The number of ether oxygens (including phenoxy) is 1. The summed E-state index contributed by atoms with van der Waals surface area (Å²) < 4.78 is 69.5. The monoisotopic (exact) mass is 628 g/mol. The Bertz CT molecular complexity index is 2030. The van der Waals surface area contributed by atoms with E-state index in [0.717, 1.165) is 25.7 Å². The zero-order chi connectivity index (χ0) is 33.5. The van der Waals surface area contributed by atoms with Crippen molar-refractivity contribution < 1.29 is 20.6 Å². The molecule has 4 fully saturated rings. The number of halogens is 3. The minimum Gasteiger partial charge on any atom is -0.461 e. The summed E-state index contributed by atoms with van der Waals surface area (Å²) in [4.78, 5) is 18.2. The van der Waals surface area contributed by atoms with E-state index in [9.17, 15) is 4.39 Å². The molecular weight excluding hydrogens is 589 g/mol. The summed E-state index contributed by atoms with van der Waals surface area (Å²) >= 11 is 0. The van der Waals surface area contributed by atoms with Crippen molar-refractivity contribution in [2.75, 3.05) is 36.8 Å². The van der Waals surface area contributed by atoms with Gasteiger partial charge in [-0.25, -0.2) is 13.2 Å². The number of benzene rings is 2. The summed E-state index contributed by atoms with van der Waals surface area (Å²) in [6.45, 7) is 2.50. The van der Waals surface area contributed by atoms with Gasteiger partial charge in [-0.3, -0.25) is 9.88 Å². The van der Waals surface area contributed by atoms with Crippen molar-refractivity contribution in [1.29, 1.82) is 0 Å². The molecule has 3 aliphatic heterocycles. The van der Waals surface area contributed by atoms with Crippen LogP contribution in [0.2, 0.25) is 0 Å². The molecule has 0 radical (unpaired) electrons. The summed E-state index contributed by atoms with van der Waals surface area (Å²) in [5.74, 6) is 5.58. The molecule has 4 aliphatic rings. The standard InChI is InChI=1S/C36H37F3N6O/c1-3-7-24-28(38)10-9-21-14-23(40)15-26(29(21)24)31-20(2)32-27(17-41-31)34(45-13-5-4-8-25-30(39)33(25)45)43-35(42-32)46-19-36-11-6-12-44(36)18-22(37)16-36/h9-10,14-15,17,22,25,30,33H,4-6,8,11-13,16,18-19,40H2,1-2H3/t22-,25+,30+,33+,36+/m1/s1/i19D2. The molecule has 0 spiro atoms. The zero-order valence-corrected chi connectivity index (χ0v) is 25.9. The first kappa shape index (κ1) is 27.1. The number of fused-ring (bicyclic) bond motifs is 4. The molecular formula is C36H37F3N6O. The number of nitrogens with zero attached hydrogens (tertiary/aromatic N) is 5. The number of aromatic nitrogens is 3. The number of nitrogen functional groups attached to an aromatic ring is 1. The highest BCUT2D eigenvalue weighted by atomic mass is 19.1. The summed E-state index contributed by atoms with van der Waals surface area (Å²) in [6.07, 6.45) is 3.26. The van der Waals surface area contributed by atoms with Crippen LogP contribution in [0.25, 0.3) is 32.9 Å². The van der Waals surface area contributed by atoms with Crippen molar-refractivity contribution in [1.82, 2.24) is 19.9 Å². The predicted molar refractivity (Wildman–Crippen MR) is 174 cm³/mol. The number of hydrogen-bond donors (Lipinski definition) is 1. The molecule has 4 aromatic rings. The lowest BCUT2D eigenvalue weighted by Crippen LogP contribution is -2.43. The van der Waals surface area contributed by atoms with Gasteiger partial charge in [-0.05, 0) is 69.7 Å². The Kier molecular flexibility index (Phi) is 6.48. The second-order valence-corrected chi connectivity index (χ2v) is 13.2. The van der Waals surface area contributed by atoms with Gasteiger partial charge in [0.05, 0.1) is 36.5 Å². The van der Waals surface area contributed by atoms with E-state index in [1.807, 2.05) is 16.7 Å². The fourth-order valence-electron chi connectivity index (χ4n) is 8.12. The summed E-state index contributed by atoms with van der Waals surface area (Å²) in [5, 5.41) is 1.83. The van der Waals surface area contributed by atoms with Gasteiger partial charge >= 0.3 is 6.01 Å². The van der Waals surface area contributed by atoms with Gasteiger partial charge in [0.2, 0.25) is 0 Å². The first-order chi connectivity index (χ1) is 23.0. The van der Waals surface area contributed by atoms with E-state index in [-0.39, 0.29) is 36.5 Å². The number of nitrogens with two attached hydrogens (primary N) is 1. The van der Waals surface area contributed by atoms with Crippen LogP contribution >= 0.6 is 0 Å². The number of aryl methyl sites for hydroxylation is 1. The van der Waals surface area contributed by atoms with Gasteiger partial charge in [0.15, 0.2) is 0 Å². The van der Waals surface area contributed by atoms with E-state index in [1.165, 1.54) is 6.07 Å². The molecule has 2 N–H and O–H groups in total. The number of anilines is 2. The molecule has 7 nitrogen and oxygen atoms in total. The summed E-state index contributed by atoms with van der Waals surface area (Å²) in [6, 6.07) is 5.97. The van der Waals surface area contributed by atoms with Crippen molar-refractivity contribution in [3.63, 3.8) is 0 Å². The van der Waals surface area contributed by atoms with E-state index in [4.69, 9.17) is 28.2 Å². The van der Waals surface area contributed by atoms with Crippen molar-refractivity contribution in [3.8, 4) is 29.1 Å². The molecule has 5 atom stereocenters. The Morgan fingerprint density at radius 3 is 2.89 bits per heavy atom. The third-order valence-corrected chi connectivity index (χ3v) is 10.3. The second kappa shape index (κ2) is 11.0. The molecule has 46 heavy (non-hydrogen) atoms. The Balaban J connectivity index is 1.33. The van der Waals surface area contributed by atoms with Crippen LogP contribution in [0.3, 0.4) is 0 Å².